The molecule has 0 amide bonds. The third kappa shape index (κ3) is 2.68. The normalized spacial score (nSPS) is 30.3. The van der Waals surface area contributed by atoms with Crippen LogP contribution in [0.5, 0.6) is 0 Å². The number of hydrogen-bond acceptors (Lipinski definition) is 3. The van der Waals surface area contributed by atoms with Crippen LogP contribution in [0.3, 0.4) is 0 Å². The Morgan fingerprint density at radius 2 is 1.88 bits per heavy atom. The van der Waals surface area contributed by atoms with Crippen LogP contribution in [0.15, 0.2) is 21.3 Å². The second-order valence-electron chi connectivity index (χ2n) is 8.46. The van der Waals surface area contributed by atoms with Crippen LogP contribution in [0, 0.1) is 25.7 Å². The summed E-state index contributed by atoms with van der Waals surface area (Å²) in [6.45, 7) is 6.35. The molecule has 0 saturated heterocycles. The first-order valence-electron chi connectivity index (χ1n) is 9.37. The van der Waals surface area contributed by atoms with Gasteiger partial charge >= 0.3 is 5.63 Å². The summed E-state index contributed by atoms with van der Waals surface area (Å²) in [5.74, 6) is 2.29. The van der Waals surface area contributed by atoms with Gasteiger partial charge < -0.3 is 4.42 Å². The summed E-state index contributed by atoms with van der Waals surface area (Å²) in [5, 5.41) is 0.609. The number of benzene rings is 1. The lowest BCUT2D eigenvalue weighted by molar-refractivity contribution is 0.237. The number of rotatable bonds is 1. The van der Waals surface area contributed by atoms with Crippen LogP contribution in [-0.4, -0.2) is 4.98 Å². The molecule has 0 aliphatic heterocycles. The average Bonchev–Trinajstić information content (AvgIpc) is 2.66. The summed E-state index contributed by atoms with van der Waals surface area (Å²) in [6.07, 6.45) is 8.84. The van der Waals surface area contributed by atoms with Gasteiger partial charge in [-0.2, -0.15) is 0 Å². The van der Waals surface area contributed by atoms with Gasteiger partial charge in [0, 0.05) is 5.41 Å². The van der Waals surface area contributed by atoms with E-state index < -0.39 is 0 Å². The fraction of sp³-hybridized carbons (Fsp3) is 0.619. The number of nitrogens with zero attached hydrogens (tertiary/aromatic N) is 1. The van der Waals surface area contributed by atoms with Gasteiger partial charge in [0.05, 0.1) is 10.9 Å². The lowest BCUT2D eigenvalue weighted by Crippen LogP contribution is -2.27. The zero-order chi connectivity index (χ0) is 16.9. The molecular weight excluding hydrogens is 298 g/mol. The minimum absolute atomic E-state index is 0.101. The van der Waals surface area contributed by atoms with Gasteiger partial charge in [-0.3, -0.25) is 0 Å². The van der Waals surface area contributed by atoms with E-state index in [4.69, 9.17) is 9.40 Å². The first-order valence-corrected chi connectivity index (χ1v) is 9.37. The molecule has 24 heavy (non-hydrogen) atoms. The molecule has 1 aromatic heterocycles. The maximum atomic E-state index is 12.6. The fourth-order valence-electron chi connectivity index (χ4n) is 4.90. The van der Waals surface area contributed by atoms with Gasteiger partial charge in [-0.05, 0) is 74.6 Å². The average molecular weight is 325 g/mol. The van der Waals surface area contributed by atoms with Gasteiger partial charge in [0.15, 0.2) is 0 Å². The van der Waals surface area contributed by atoms with E-state index in [-0.39, 0.29) is 11.0 Å². The molecule has 1 aromatic carbocycles. The van der Waals surface area contributed by atoms with E-state index in [9.17, 15) is 4.79 Å². The summed E-state index contributed by atoms with van der Waals surface area (Å²) in [7, 11) is 0. The first-order chi connectivity index (χ1) is 11.4. The molecule has 1 heterocycles. The van der Waals surface area contributed by atoms with Crippen molar-refractivity contribution < 1.29 is 4.42 Å². The molecule has 3 heteroatoms. The van der Waals surface area contributed by atoms with Gasteiger partial charge in [-0.25, -0.2) is 9.78 Å². The van der Waals surface area contributed by atoms with Crippen molar-refractivity contribution in [2.24, 2.45) is 11.8 Å². The van der Waals surface area contributed by atoms with E-state index in [1.807, 2.05) is 19.1 Å². The van der Waals surface area contributed by atoms with Crippen molar-refractivity contribution in [3.63, 3.8) is 0 Å². The van der Waals surface area contributed by atoms with E-state index in [0.29, 0.717) is 11.3 Å². The Labute approximate surface area is 143 Å². The highest BCUT2D eigenvalue weighted by atomic mass is 16.4. The Morgan fingerprint density at radius 1 is 1.12 bits per heavy atom. The monoisotopic (exact) mass is 325 g/mol. The minimum atomic E-state index is -0.230. The maximum Gasteiger partial charge on any atom is 0.346 e. The molecule has 3 unspecified atom stereocenters. The Morgan fingerprint density at radius 3 is 2.71 bits per heavy atom. The molecular formula is C21H27NO2. The quantitative estimate of drug-likeness (QED) is 0.736. The molecule has 0 radical (unpaired) electrons. The molecule has 4 rings (SSSR count). The third-order valence-corrected chi connectivity index (χ3v) is 6.49. The number of aromatic nitrogens is 1. The van der Waals surface area contributed by atoms with E-state index in [1.54, 1.807) is 0 Å². The van der Waals surface area contributed by atoms with Gasteiger partial charge in [-0.1, -0.05) is 26.2 Å². The topological polar surface area (TPSA) is 43.1 Å². The van der Waals surface area contributed by atoms with Gasteiger partial charge in [0.1, 0.15) is 0 Å². The van der Waals surface area contributed by atoms with Crippen LogP contribution in [-0.2, 0) is 5.41 Å². The molecule has 3 atom stereocenters. The van der Waals surface area contributed by atoms with Crippen molar-refractivity contribution in [1.82, 2.24) is 4.98 Å². The number of hydrogen-bond donors (Lipinski definition) is 0. The Bertz CT molecular complexity index is 838. The van der Waals surface area contributed by atoms with E-state index in [2.05, 4.69) is 13.8 Å². The largest absolute Gasteiger partial charge is 0.407 e. The summed E-state index contributed by atoms with van der Waals surface area (Å²) >= 11 is 0. The molecule has 2 aliphatic carbocycles. The van der Waals surface area contributed by atoms with Gasteiger partial charge in [0.2, 0.25) is 5.89 Å². The molecule has 2 saturated carbocycles. The molecule has 2 aromatic rings. The second-order valence-corrected chi connectivity index (χ2v) is 8.46. The van der Waals surface area contributed by atoms with E-state index >= 15 is 0 Å². The Kier molecular flexibility index (Phi) is 3.78. The molecule has 2 aliphatic rings. The smallest absolute Gasteiger partial charge is 0.346 e. The van der Waals surface area contributed by atoms with Crippen molar-refractivity contribution in [2.75, 3.05) is 0 Å². The molecule has 2 bridgehead atoms. The van der Waals surface area contributed by atoms with E-state index in [0.717, 1.165) is 35.8 Å². The summed E-state index contributed by atoms with van der Waals surface area (Å²) in [5.41, 5.74) is 2.74. The van der Waals surface area contributed by atoms with Crippen molar-refractivity contribution in [3.8, 4) is 0 Å². The van der Waals surface area contributed by atoms with Crippen LogP contribution in [0.25, 0.3) is 10.9 Å². The van der Waals surface area contributed by atoms with Crippen LogP contribution in [0.1, 0.15) is 68.9 Å². The third-order valence-electron chi connectivity index (χ3n) is 6.49. The van der Waals surface area contributed by atoms with Gasteiger partial charge in [-0.15, -0.1) is 0 Å². The molecule has 0 N–H and O–H groups in total. The Hall–Kier alpha value is -1.64. The van der Waals surface area contributed by atoms with Crippen LogP contribution >= 0.6 is 0 Å². The van der Waals surface area contributed by atoms with Crippen molar-refractivity contribution in [3.05, 3.63) is 39.6 Å². The highest BCUT2D eigenvalue weighted by Gasteiger charge is 2.39. The van der Waals surface area contributed by atoms with Crippen molar-refractivity contribution in [2.45, 2.75) is 71.1 Å². The highest BCUT2D eigenvalue weighted by Crippen LogP contribution is 2.46. The van der Waals surface area contributed by atoms with E-state index in [1.165, 1.54) is 37.7 Å². The summed E-state index contributed by atoms with van der Waals surface area (Å²) < 4.78 is 5.77. The SMILES string of the molecule is Cc1cc2nc(C3(C)CCC4CCCC(C4)C3)oc(=O)c2cc1C. The van der Waals surface area contributed by atoms with Crippen LogP contribution in [0.4, 0.5) is 0 Å². The van der Waals surface area contributed by atoms with Crippen LogP contribution < -0.4 is 5.63 Å². The molecule has 3 nitrogen and oxygen atoms in total. The number of fused-ring (bicyclic) bond motifs is 3. The zero-order valence-corrected chi connectivity index (χ0v) is 15.0. The lowest BCUT2D eigenvalue weighted by Gasteiger charge is -2.30. The molecule has 2 fully saturated rings. The molecule has 128 valence electrons. The predicted molar refractivity (Wildman–Crippen MR) is 96.4 cm³/mol. The van der Waals surface area contributed by atoms with Gasteiger partial charge in [0.25, 0.3) is 0 Å². The minimum Gasteiger partial charge on any atom is -0.407 e. The Balaban J connectivity index is 1.80. The molecule has 0 spiro atoms. The van der Waals surface area contributed by atoms with Crippen molar-refractivity contribution >= 4 is 10.9 Å². The predicted octanol–water partition coefficient (Wildman–Crippen LogP) is 5.05. The first kappa shape index (κ1) is 15.9. The second kappa shape index (κ2) is 5.72. The highest BCUT2D eigenvalue weighted by molar-refractivity contribution is 5.78. The summed E-state index contributed by atoms with van der Waals surface area (Å²) in [6, 6.07) is 3.94. The zero-order valence-electron chi connectivity index (χ0n) is 15.0. The van der Waals surface area contributed by atoms with Crippen LogP contribution in [0.2, 0.25) is 0 Å². The van der Waals surface area contributed by atoms with Crippen molar-refractivity contribution in [1.29, 1.82) is 0 Å². The standard InChI is InChI=1S/C21H27NO2/c1-13-9-17-18(10-14(13)2)22-20(24-19(17)23)21(3)8-7-15-5-4-6-16(11-15)12-21/h9-10,15-16H,4-8,11-12H2,1-3H3. The number of aryl methyl sites for hydroxylation is 2. The maximum absolute atomic E-state index is 12.6. The summed E-state index contributed by atoms with van der Waals surface area (Å²) in [4.78, 5) is 17.4. The lowest BCUT2D eigenvalue weighted by atomic mass is 9.76. The fourth-order valence-corrected chi connectivity index (χ4v) is 4.90.